The normalized spacial score (nSPS) is 12.2. The van der Waals surface area contributed by atoms with Crippen LogP contribution in [0.5, 0.6) is 0 Å². The number of hydrogen-bond donors (Lipinski definition) is 3. The van der Waals surface area contributed by atoms with E-state index in [-0.39, 0.29) is 16.8 Å². The molecule has 0 aliphatic heterocycles. The summed E-state index contributed by atoms with van der Waals surface area (Å²) in [5.41, 5.74) is 16.5. The molecule has 1 aromatic carbocycles. The molecule has 4 aromatic heterocycles. The van der Waals surface area contributed by atoms with Gasteiger partial charge in [0.05, 0.1) is 5.69 Å². The van der Waals surface area contributed by atoms with Gasteiger partial charge < -0.3 is 16.5 Å². The van der Waals surface area contributed by atoms with Crippen molar-refractivity contribution < 1.29 is 9.31 Å². The summed E-state index contributed by atoms with van der Waals surface area (Å²) in [6, 6.07) is 3.24. The molecule has 0 bridgehead atoms. The second kappa shape index (κ2) is 4.07. The van der Waals surface area contributed by atoms with Gasteiger partial charge in [0.15, 0.2) is 16.6 Å². The van der Waals surface area contributed by atoms with E-state index in [0.29, 0.717) is 27.9 Å². The highest BCUT2D eigenvalue weighted by molar-refractivity contribution is 6.10. The number of hydrogen-bond acceptors (Lipinski definition) is 4. The van der Waals surface area contributed by atoms with E-state index in [1.807, 2.05) is 16.0 Å². The lowest BCUT2D eigenvalue weighted by Gasteiger charge is -2.09. The zero-order chi connectivity index (χ0) is 17.6. The van der Waals surface area contributed by atoms with Crippen molar-refractivity contribution in [3.63, 3.8) is 0 Å². The number of amides is 1. The summed E-state index contributed by atoms with van der Waals surface area (Å²) in [7, 11) is 0. The average molecular weight is 336 g/mol. The zero-order valence-corrected chi connectivity index (χ0v) is 13.5. The molecule has 9 heteroatoms. The number of aromatic nitrogens is 5. The maximum atomic E-state index is 12.2. The lowest BCUT2D eigenvalue weighted by Crippen LogP contribution is -2.32. The Labute approximate surface area is 139 Å². The molecule has 0 fully saturated rings. The number of aromatic amines is 1. The average Bonchev–Trinajstić information content (AvgIpc) is 3.11. The molecule has 1 amide bonds. The Bertz CT molecular complexity index is 1420. The lowest BCUT2D eigenvalue weighted by molar-refractivity contribution is -0.587. The van der Waals surface area contributed by atoms with E-state index >= 15 is 0 Å². The third-order valence-electron chi connectivity index (χ3n) is 4.81. The molecule has 0 radical (unpaired) electrons. The minimum Gasteiger partial charge on any atom is -0.384 e. The first-order chi connectivity index (χ1) is 11.9. The van der Waals surface area contributed by atoms with Crippen LogP contribution in [-0.2, 0) is 0 Å². The molecule has 5 N–H and O–H groups in total. The highest BCUT2D eigenvalue weighted by Crippen LogP contribution is 2.30. The van der Waals surface area contributed by atoms with Crippen LogP contribution in [0.4, 0.5) is 5.82 Å². The van der Waals surface area contributed by atoms with E-state index in [1.165, 1.54) is 6.07 Å². The molecule has 4 heterocycles. The number of rotatable bonds is 1. The van der Waals surface area contributed by atoms with Crippen LogP contribution in [0.1, 0.15) is 21.6 Å². The fraction of sp³-hybridized carbons (Fsp3) is 0.125. The predicted molar refractivity (Wildman–Crippen MR) is 91.0 cm³/mol. The minimum atomic E-state index is -0.637. The molecule has 0 spiro atoms. The number of aryl methyl sites for hydroxylation is 2. The third-order valence-corrected chi connectivity index (χ3v) is 4.81. The van der Waals surface area contributed by atoms with E-state index < -0.39 is 5.91 Å². The Kier molecular flexibility index (Phi) is 2.24. The molecule has 0 unspecified atom stereocenters. The highest BCUT2D eigenvalue weighted by Gasteiger charge is 2.29. The van der Waals surface area contributed by atoms with Crippen LogP contribution in [-0.4, -0.2) is 24.8 Å². The Balaban J connectivity index is 2.31. The molecule has 0 atom stereocenters. The molecule has 25 heavy (non-hydrogen) atoms. The van der Waals surface area contributed by atoms with Gasteiger partial charge in [-0.15, -0.1) is 9.03 Å². The maximum absolute atomic E-state index is 12.2. The van der Waals surface area contributed by atoms with Crippen molar-refractivity contribution in [3.8, 4) is 0 Å². The lowest BCUT2D eigenvalue weighted by atomic mass is 10.2. The van der Waals surface area contributed by atoms with Crippen molar-refractivity contribution in [2.75, 3.05) is 5.73 Å². The van der Waals surface area contributed by atoms with Crippen molar-refractivity contribution in [3.05, 3.63) is 45.5 Å². The maximum Gasteiger partial charge on any atom is 0.313 e. The van der Waals surface area contributed by atoms with Crippen LogP contribution in [0.25, 0.3) is 27.8 Å². The van der Waals surface area contributed by atoms with E-state index in [0.717, 1.165) is 11.2 Å². The number of anilines is 1. The Morgan fingerprint density at radius 2 is 2.08 bits per heavy atom. The number of nitrogens with two attached hydrogens (primary N) is 2. The first-order valence-corrected chi connectivity index (χ1v) is 7.68. The molecule has 124 valence electrons. The molecule has 0 saturated heterocycles. The SMILES string of the molecule is Cc1c(=O)ccc2c1n1c(N)c(C(N)=O)c3[nH]c(C)c4nc[n+]2n4c31. The third kappa shape index (κ3) is 1.39. The summed E-state index contributed by atoms with van der Waals surface area (Å²) in [5.74, 6) is -0.442. The Hall–Kier alpha value is -3.62. The highest BCUT2D eigenvalue weighted by atomic mass is 16.1. The van der Waals surface area contributed by atoms with E-state index in [9.17, 15) is 9.59 Å². The Morgan fingerprint density at radius 1 is 1.32 bits per heavy atom. The van der Waals surface area contributed by atoms with Crippen molar-refractivity contribution in [1.29, 1.82) is 0 Å². The number of H-pyrrole nitrogens is 1. The number of fused-ring (bicyclic) bond motifs is 3. The van der Waals surface area contributed by atoms with Crippen LogP contribution in [0.2, 0.25) is 0 Å². The van der Waals surface area contributed by atoms with Crippen molar-refractivity contribution >= 4 is 39.6 Å². The number of primary amides is 1. The van der Waals surface area contributed by atoms with Gasteiger partial charge in [-0.25, -0.2) is 0 Å². The van der Waals surface area contributed by atoms with Crippen LogP contribution >= 0.6 is 0 Å². The van der Waals surface area contributed by atoms with Crippen LogP contribution in [0.3, 0.4) is 0 Å². The first-order valence-electron chi connectivity index (χ1n) is 7.68. The summed E-state index contributed by atoms with van der Waals surface area (Å²) in [6.07, 6.45) is 1.68. The summed E-state index contributed by atoms with van der Waals surface area (Å²) in [4.78, 5) is 31.9. The van der Waals surface area contributed by atoms with Crippen LogP contribution in [0.15, 0.2) is 23.3 Å². The predicted octanol–water partition coefficient (Wildman–Crippen LogP) is -0.0971. The number of nitrogen functional groups attached to an aromatic ring is 1. The molecule has 5 aromatic rings. The van der Waals surface area contributed by atoms with Gasteiger partial charge >= 0.3 is 12.0 Å². The van der Waals surface area contributed by atoms with E-state index in [1.54, 1.807) is 23.7 Å². The van der Waals surface area contributed by atoms with Crippen LogP contribution < -0.4 is 21.4 Å². The number of carbonyl (C=O) groups is 1. The minimum absolute atomic E-state index is 0.110. The van der Waals surface area contributed by atoms with Gasteiger partial charge in [-0.3, -0.25) is 14.0 Å². The largest absolute Gasteiger partial charge is 0.384 e. The molecular formula is C16H14N7O2+. The molecule has 0 saturated carbocycles. The van der Waals surface area contributed by atoms with Gasteiger partial charge in [0.2, 0.25) is 0 Å². The van der Waals surface area contributed by atoms with Crippen molar-refractivity contribution in [1.82, 2.24) is 18.9 Å². The fourth-order valence-corrected chi connectivity index (χ4v) is 3.70. The van der Waals surface area contributed by atoms with Crippen molar-refractivity contribution in [2.45, 2.75) is 13.8 Å². The summed E-state index contributed by atoms with van der Waals surface area (Å²) in [5, 5.41) is 0. The van der Waals surface area contributed by atoms with Gasteiger partial charge in [-0.1, -0.05) is 0 Å². The molecule has 0 aliphatic rings. The number of nitrogens with zero attached hydrogens (tertiary/aromatic N) is 4. The van der Waals surface area contributed by atoms with Gasteiger partial charge in [0.1, 0.15) is 22.4 Å². The summed E-state index contributed by atoms with van der Waals surface area (Å²) >= 11 is 0. The molecule has 5 rings (SSSR count). The summed E-state index contributed by atoms with van der Waals surface area (Å²) in [6.45, 7) is 3.59. The van der Waals surface area contributed by atoms with Gasteiger partial charge in [0, 0.05) is 5.56 Å². The van der Waals surface area contributed by atoms with Crippen molar-refractivity contribution in [2.24, 2.45) is 5.73 Å². The van der Waals surface area contributed by atoms with E-state index in [4.69, 9.17) is 11.5 Å². The second-order valence-corrected chi connectivity index (χ2v) is 6.19. The van der Waals surface area contributed by atoms with Gasteiger partial charge in [0.25, 0.3) is 5.91 Å². The number of carbonyl (C=O) groups excluding carboxylic acids is 1. The standard InChI is InChI=1S/C16H13N7O2/c1-6-9(24)4-3-8-12(6)22-13(17)10(14(18)25)11-16(22)23-15(7(2)20-11)19-5-21(8)23/h3-5H,1-2H3,(H4-,17,18,20,24,25)/p+1. The van der Waals surface area contributed by atoms with Crippen LogP contribution in [0, 0.1) is 13.8 Å². The number of benzene rings is 1. The quantitative estimate of drug-likeness (QED) is 0.292. The van der Waals surface area contributed by atoms with Gasteiger partial charge in [-0.2, -0.15) is 0 Å². The van der Waals surface area contributed by atoms with E-state index in [2.05, 4.69) is 9.97 Å². The topological polar surface area (TPSA) is 128 Å². The molecule has 9 nitrogen and oxygen atoms in total. The molecular weight excluding hydrogens is 322 g/mol. The summed E-state index contributed by atoms with van der Waals surface area (Å²) < 4.78 is 5.40. The smallest absolute Gasteiger partial charge is 0.313 e. The monoisotopic (exact) mass is 336 g/mol. The second-order valence-electron chi connectivity index (χ2n) is 6.19. The first kappa shape index (κ1) is 13.8. The Morgan fingerprint density at radius 3 is 2.80 bits per heavy atom. The number of nitrogens with one attached hydrogen (secondary N) is 1. The zero-order valence-electron chi connectivity index (χ0n) is 13.5. The fourth-order valence-electron chi connectivity index (χ4n) is 3.70. The van der Waals surface area contributed by atoms with Gasteiger partial charge in [-0.05, 0) is 31.0 Å². The molecule has 0 aliphatic carbocycles.